The lowest BCUT2D eigenvalue weighted by molar-refractivity contribution is 0.271. The molecule has 1 aliphatic heterocycles. The first-order valence-corrected chi connectivity index (χ1v) is 8.86. The molecular formula is C16H21ClN4S. The lowest BCUT2D eigenvalue weighted by Gasteiger charge is -2.36. The molecule has 1 aromatic heterocycles. The molecule has 1 aromatic carbocycles. The molecular weight excluding hydrogens is 316 g/mol. The van der Waals surface area contributed by atoms with Gasteiger partial charge >= 0.3 is 0 Å². The lowest BCUT2D eigenvalue weighted by atomic mass is 10.2. The number of nitrogens with one attached hydrogen (secondary N) is 1. The van der Waals surface area contributed by atoms with Crippen LogP contribution >= 0.6 is 22.9 Å². The largest absolute Gasteiger partial charge is 0.378 e. The highest BCUT2D eigenvalue weighted by Gasteiger charge is 2.17. The first-order chi connectivity index (χ1) is 10.8. The van der Waals surface area contributed by atoms with Crippen molar-refractivity contribution in [1.82, 2.24) is 9.88 Å². The van der Waals surface area contributed by atoms with Crippen LogP contribution in [0.3, 0.4) is 0 Å². The van der Waals surface area contributed by atoms with Crippen LogP contribution < -0.4 is 10.2 Å². The Hall–Kier alpha value is -1.30. The van der Waals surface area contributed by atoms with Crippen LogP contribution in [0.15, 0.2) is 30.5 Å². The lowest BCUT2D eigenvalue weighted by Crippen LogP contribution is -2.46. The molecule has 0 atom stereocenters. The van der Waals surface area contributed by atoms with Crippen molar-refractivity contribution in [3.8, 4) is 0 Å². The van der Waals surface area contributed by atoms with Crippen LogP contribution in [0.1, 0.15) is 11.8 Å². The third-order valence-corrected chi connectivity index (χ3v) is 5.16. The molecule has 2 heterocycles. The van der Waals surface area contributed by atoms with Crippen LogP contribution in [0.25, 0.3) is 0 Å². The zero-order chi connectivity index (χ0) is 15.4. The molecule has 0 radical (unpaired) electrons. The third kappa shape index (κ3) is 3.72. The summed E-state index contributed by atoms with van der Waals surface area (Å²) in [6.07, 6.45) is 1.84. The van der Waals surface area contributed by atoms with Gasteiger partial charge in [0.15, 0.2) is 4.47 Å². The minimum atomic E-state index is 0.598. The van der Waals surface area contributed by atoms with Gasteiger partial charge in [-0.25, -0.2) is 4.98 Å². The summed E-state index contributed by atoms with van der Waals surface area (Å²) in [7, 11) is 0. The number of halogens is 1. The molecule has 0 amide bonds. The monoisotopic (exact) mass is 336 g/mol. The average Bonchev–Trinajstić information content (AvgIpc) is 2.99. The van der Waals surface area contributed by atoms with E-state index in [0.717, 1.165) is 44.1 Å². The first kappa shape index (κ1) is 15.6. The van der Waals surface area contributed by atoms with E-state index < -0.39 is 0 Å². The quantitative estimate of drug-likeness (QED) is 0.904. The molecule has 6 heteroatoms. The second kappa shape index (κ2) is 7.31. The third-order valence-electron chi connectivity index (χ3n) is 4.04. The van der Waals surface area contributed by atoms with Crippen molar-refractivity contribution in [3.63, 3.8) is 0 Å². The maximum atomic E-state index is 5.89. The van der Waals surface area contributed by atoms with Crippen LogP contribution in [0.5, 0.6) is 0 Å². The van der Waals surface area contributed by atoms with E-state index >= 15 is 0 Å². The molecule has 1 fully saturated rings. The Morgan fingerprint density at radius 3 is 2.68 bits per heavy atom. The van der Waals surface area contributed by atoms with Gasteiger partial charge in [-0.2, -0.15) is 0 Å². The van der Waals surface area contributed by atoms with Gasteiger partial charge in [-0.1, -0.05) is 30.7 Å². The maximum Gasteiger partial charge on any atom is 0.183 e. The maximum absolute atomic E-state index is 5.89. The van der Waals surface area contributed by atoms with Gasteiger partial charge in [0.1, 0.15) is 0 Å². The summed E-state index contributed by atoms with van der Waals surface area (Å²) in [6.45, 7) is 8.56. The predicted molar refractivity (Wildman–Crippen MR) is 95.2 cm³/mol. The van der Waals surface area contributed by atoms with Crippen molar-refractivity contribution in [1.29, 1.82) is 0 Å². The molecule has 22 heavy (non-hydrogen) atoms. The van der Waals surface area contributed by atoms with E-state index in [-0.39, 0.29) is 0 Å². The van der Waals surface area contributed by atoms with Crippen molar-refractivity contribution in [3.05, 3.63) is 39.8 Å². The second-order valence-corrected chi connectivity index (χ2v) is 7.07. The summed E-state index contributed by atoms with van der Waals surface area (Å²) in [6, 6.07) is 8.53. The Bertz CT molecular complexity index is 608. The Labute approximate surface area is 140 Å². The van der Waals surface area contributed by atoms with Crippen LogP contribution in [-0.4, -0.2) is 42.6 Å². The number of rotatable bonds is 5. The van der Waals surface area contributed by atoms with E-state index in [4.69, 9.17) is 11.6 Å². The van der Waals surface area contributed by atoms with E-state index in [1.165, 1.54) is 22.7 Å². The van der Waals surface area contributed by atoms with Gasteiger partial charge in [-0.05, 0) is 18.7 Å². The number of benzene rings is 1. The highest BCUT2D eigenvalue weighted by Crippen LogP contribution is 2.28. The highest BCUT2D eigenvalue weighted by atomic mass is 35.5. The minimum absolute atomic E-state index is 0.598. The van der Waals surface area contributed by atoms with Gasteiger partial charge in [0.25, 0.3) is 0 Å². The Morgan fingerprint density at radius 2 is 2.00 bits per heavy atom. The summed E-state index contributed by atoms with van der Waals surface area (Å²) >= 11 is 7.41. The molecule has 0 spiro atoms. The van der Waals surface area contributed by atoms with E-state index in [1.54, 1.807) is 0 Å². The van der Waals surface area contributed by atoms with E-state index in [9.17, 15) is 0 Å². The van der Waals surface area contributed by atoms with Gasteiger partial charge in [0.2, 0.25) is 0 Å². The molecule has 3 rings (SSSR count). The van der Waals surface area contributed by atoms with E-state index in [1.807, 2.05) is 6.20 Å². The zero-order valence-corrected chi connectivity index (χ0v) is 14.3. The summed E-state index contributed by atoms with van der Waals surface area (Å²) in [5.74, 6) is 0. The number of anilines is 2. The SMILES string of the molecule is CCN1CCN(c2ccccc2NCc2cnc(Cl)s2)CC1. The van der Waals surface area contributed by atoms with Crippen molar-refractivity contribution in [2.75, 3.05) is 42.9 Å². The number of hydrogen-bond acceptors (Lipinski definition) is 5. The molecule has 118 valence electrons. The molecule has 1 saturated heterocycles. The fraction of sp³-hybridized carbons (Fsp3) is 0.438. The number of nitrogens with zero attached hydrogens (tertiary/aromatic N) is 3. The van der Waals surface area contributed by atoms with Gasteiger partial charge in [0, 0.05) is 37.3 Å². The van der Waals surface area contributed by atoms with Gasteiger partial charge in [0.05, 0.1) is 17.9 Å². The summed E-state index contributed by atoms with van der Waals surface area (Å²) in [4.78, 5) is 10.2. The second-order valence-electron chi connectivity index (χ2n) is 5.37. The smallest absolute Gasteiger partial charge is 0.183 e. The fourth-order valence-corrected chi connectivity index (χ4v) is 3.67. The molecule has 0 unspecified atom stereocenters. The number of thiazole rings is 1. The van der Waals surface area contributed by atoms with Gasteiger partial charge in [-0.15, -0.1) is 11.3 Å². The standard InChI is InChI=1S/C16H21ClN4S/c1-2-20-7-9-21(10-8-20)15-6-4-3-5-14(15)18-11-13-12-19-16(17)22-13/h3-6,12,18H,2,7-11H2,1H3. The average molecular weight is 337 g/mol. The number of piperazine rings is 1. The van der Waals surface area contributed by atoms with E-state index in [0.29, 0.717) is 4.47 Å². The minimum Gasteiger partial charge on any atom is -0.378 e. The molecule has 0 bridgehead atoms. The number of likely N-dealkylation sites (N-methyl/N-ethyl adjacent to an activating group) is 1. The van der Waals surface area contributed by atoms with E-state index in [2.05, 4.69) is 51.3 Å². The molecule has 2 aromatic rings. The summed E-state index contributed by atoms with van der Waals surface area (Å²) in [5, 5.41) is 3.52. The number of aromatic nitrogens is 1. The molecule has 0 aliphatic carbocycles. The van der Waals surface area contributed by atoms with Crippen LogP contribution in [0, 0.1) is 0 Å². The molecule has 0 saturated carbocycles. The Balaban J connectivity index is 1.67. The number of para-hydroxylation sites is 2. The van der Waals surface area contributed by atoms with Crippen LogP contribution in [0.2, 0.25) is 4.47 Å². The van der Waals surface area contributed by atoms with Gasteiger partial charge < -0.3 is 15.1 Å². The van der Waals surface area contributed by atoms with Crippen molar-refractivity contribution in [2.45, 2.75) is 13.5 Å². The first-order valence-electron chi connectivity index (χ1n) is 7.66. The molecule has 1 aliphatic rings. The Morgan fingerprint density at radius 1 is 1.23 bits per heavy atom. The van der Waals surface area contributed by atoms with Gasteiger partial charge in [-0.3, -0.25) is 0 Å². The Kier molecular flexibility index (Phi) is 5.18. The molecule has 4 nitrogen and oxygen atoms in total. The number of hydrogen-bond donors (Lipinski definition) is 1. The zero-order valence-electron chi connectivity index (χ0n) is 12.8. The van der Waals surface area contributed by atoms with Crippen molar-refractivity contribution < 1.29 is 0 Å². The highest BCUT2D eigenvalue weighted by molar-refractivity contribution is 7.15. The normalized spacial score (nSPS) is 16.0. The fourth-order valence-electron chi connectivity index (χ4n) is 2.75. The predicted octanol–water partition coefficient (Wildman–Crippen LogP) is 3.55. The molecule has 1 N–H and O–H groups in total. The van der Waals surface area contributed by atoms with Crippen molar-refractivity contribution in [2.24, 2.45) is 0 Å². The van der Waals surface area contributed by atoms with Crippen molar-refractivity contribution >= 4 is 34.3 Å². The van der Waals surface area contributed by atoms with Crippen LogP contribution in [0.4, 0.5) is 11.4 Å². The summed E-state index contributed by atoms with van der Waals surface area (Å²) < 4.78 is 0.598. The topological polar surface area (TPSA) is 31.4 Å². The van der Waals surface area contributed by atoms with Crippen LogP contribution in [-0.2, 0) is 6.54 Å². The summed E-state index contributed by atoms with van der Waals surface area (Å²) in [5.41, 5.74) is 2.46.